The molecule has 0 atom stereocenters. The van der Waals surface area contributed by atoms with Crippen LogP contribution in [0.25, 0.3) is 0 Å². The Morgan fingerprint density at radius 1 is 1.29 bits per heavy atom. The molecule has 1 aromatic rings. The quantitative estimate of drug-likeness (QED) is 0.754. The lowest BCUT2D eigenvalue weighted by Crippen LogP contribution is -2.30. The number of aromatic carboxylic acids is 1. The van der Waals surface area contributed by atoms with Crippen molar-refractivity contribution in [3.63, 3.8) is 0 Å². The van der Waals surface area contributed by atoms with E-state index < -0.39 is 23.3 Å². The van der Waals surface area contributed by atoms with Crippen molar-refractivity contribution in [1.82, 2.24) is 5.32 Å². The summed E-state index contributed by atoms with van der Waals surface area (Å²) in [5.74, 6) is -1.87. The minimum atomic E-state index is -4.62. The topological polar surface area (TPSA) is 78.4 Å². The zero-order valence-electron chi connectivity index (χ0n) is 11.3. The third-order valence-corrected chi connectivity index (χ3v) is 2.59. The number of hydrogen-bond donors (Lipinski definition) is 3. The molecule has 3 N–H and O–H groups in total. The van der Waals surface area contributed by atoms with E-state index in [2.05, 4.69) is 10.6 Å². The van der Waals surface area contributed by atoms with Crippen LogP contribution in [0.1, 0.15) is 29.3 Å². The number of carbonyl (C=O) groups excluding carboxylic acids is 1. The molecular formula is C13H15F3N2O3. The van der Waals surface area contributed by atoms with Crippen molar-refractivity contribution >= 4 is 17.6 Å². The molecule has 0 heterocycles. The van der Waals surface area contributed by atoms with E-state index in [1.165, 1.54) is 0 Å². The standard InChI is InChI=1S/C13H15F3N2O3/c1-2-5-17-11(19)7-18-10-4-3-8(13(14,15)16)6-9(10)12(20)21/h3-4,6,18H,2,5,7H2,1H3,(H,17,19)(H,20,21). The number of anilines is 1. The highest BCUT2D eigenvalue weighted by molar-refractivity contribution is 5.95. The van der Waals surface area contributed by atoms with E-state index in [0.717, 1.165) is 18.6 Å². The van der Waals surface area contributed by atoms with E-state index in [1.54, 1.807) is 0 Å². The lowest BCUT2D eigenvalue weighted by Gasteiger charge is -2.13. The van der Waals surface area contributed by atoms with Crippen LogP contribution in [0, 0.1) is 0 Å². The molecule has 1 amide bonds. The molecule has 0 radical (unpaired) electrons. The first kappa shape index (κ1) is 16.8. The lowest BCUT2D eigenvalue weighted by molar-refractivity contribution is -0.137. The lowest BCUT2D eigenvalue weighted by atomic mass is 10.1. The largest absolute Gasteiger partial charge is 0.478 e. The number of carboxylic acids is 1. The normalized spacial score (nSPS) is 11.0. The Bertz CT molecular complexity index is 530. The van der Waals surface area contributed by atoms with Crippen molar-refractivity contribution in [2.75, 3.05) is 18.4 Å². The number of halogens is 3. The minimum absolute atomic E-state index is 0.0397. The summed E-state index contributed by atoms with van der Waals surface area (Å²) in [6.07, 6.45) is -3.88. The van der Waals surface area contributed by atoms with Gasteiger partial charge in [0, 0.05) is 12.2 Å². The average Bonchev–Trinajstić information content (AvgIpc) is 2.41. The van der Waals surface area contributed by atoms with E-state index in [-0.39, 0.29) is 18.1 Å². The molecule has 0 aliphatic rings. The van der Waals surface area contributed by atoms with E-state index >= 15 is 0 Å². The van der Waals surface area contributed by atoms with Crippen molar-refractivity contribution in [3.8, 4) is 0 Å². The number of nitrogens with one attached hydrogen (secondary N) is 2. The third-order valence-electron chi connectivity index (χ3n) is 2.59. The van der Waals surface area contributed by atoms with E-state index in [1.807, 2.05) is 6.92 Å². The number of amides is 1. The fourth-order valence-corrected chi connectivity index (χ4v) is 1.55. The number of carboxylic acid groups (broad SMARTS) is 1. The number of rotatable bonds is 6. The Labute approximate surface area is 119 Å². The van der Waals surface area contributed by atoms with Crippen LogP contribution in [0.2, 0.25) is 0 Å². The molecule has 0 bridgehead atoms. The summed E-state index contributed by atoms with van der Waals surface area (Å²) in [4.78, 5) is 22.4. The van der Waals surface area contributed by atoms with Gasteiger partial charge in [-0.2, -0.15) is 13.2 Å². The molecule has 0 spiro atoms. The summed E-state index contributed by atoms with van der Waals surface area (Å²) in [7, 11) is 0. The maximum absolute atomic E-state index is 12.5. The van der Waals surface area contributed by atoms with Gasteiger partial charge in [-0.1, -0.05) is 6.92 Å². The van der Waals surface area contributed by atoms with Gasteiger partial charge in [0.2, 0.25) is 5.91 Å². The maximum atomic E-state index is 12.5. The smallest absolute Gasteiger partial charge is 0.416 e. The van der Waals surface area contributed by atoms with Crippen LogP contribution in [-0.4, -0.2) is 30.1 Å². The van der Waals surface area contributed by atoms with E-state index in [9.17, 15) is 22.8 Å². The maximum Gasteiger partial charge on any atom is 0.416 e. The molecule has 21 heavy (non-hydrogen) atoms. The Balaban J connectivity index is 2.87. The minimum Gasteiger partial charge on any atom is -0.478 e. The number of hydrogen-bond acceptors (Lipinski definition) is 3. The van der Waals surface area contributed by atoms with Gasteiger partial charge in [-0.05, 0) is 24.6 Å². The molecular weight excluding hydrogens is 289 g/mol. The fraction of sp³-hybridized carbons (Fsp3) is 0.385. The summed E-state index contributed by atoms with van der Waals surface area (Å²) in [5.41, 5.74) is -1.63. The van der Waals surface area contributed by atoms with Crippen LogP contribution < -0.4 is 10.6 Å². The van der Waals surface area contributed by atoms with Gasteiger partial charge in [-0.3, -0.25) is 4.79 Å². The van der Waals surface area contributed by atoms with Crippen LogP contribution >= 0.6 is 0 Å². The summed E-state index contributed by atoms with van der Waals surface area (Å²) < 4.78 is 37.6. The van der Waals surface area contributed by atoms with Crippen LogP contribution in [0.4, 0.5) is 18.9 Å². The molecule has 0 saturated carbocycles. The van der Waals surface area contributed by atoms with Crippen LogP contribution in [-0.2, 0) is 11.0 Å². The molecule has 1 rings (SSSR count). The van der Waals surface area contributed by atoms with Gasteiger partial charge in [0.05, 0.1) is 17.7 Å². The number of alkyl halides is 3. The zero-order valence-corrected chi connectivity index (χ0v) is 11.3. The van der Waals surface area contributed by atoms with Gasteiger partial charge in [0.1, 0.15) is 0 Å². The summed E-state index contributed by atoms with van der Waals surface area (Å²) in [6.45, 7) is 2.12. The van der Waals surface area contributed by atoms with Gasteiger partial charge in [0.15, 0.2) is 0 Å². The Morgan fingerprint density at radius 2 is 1.95 bits per heavy atom. The van der Waals surface area contributed by atoms with Crippen molar-refractivity contribution < 1.29 is 27.9 Å². The molecule has 5 nitrogen and oxygen atoms in total. The number of benzene rings is 1. The molecule has 0 aromatic heterocycles. The van der Waals surface area contributed by atoms with Crippen molar-refractivity contribution in [2.24, 2.45) is 0 Å². The number of carbonyl (C=O) groups is 2. The Hall–Kier alpha value is -2.25. The van der Waals surface area contributed by atoms with Gasteiger partial charge >= 0.3 is 12.1 Å². The van der Waals surface area contributed by atoms with Crippen molar-refractivity contribution in [1.29, 1.82) is 0 Å². The van der Waals surface area contributed by atoms with Gasteiger partial charge < -0.3 is 15.7 Å². The Morgan fingerprint density at radius 3 is 2.48 bits per heavy atom. The van der Waals surface area contributed by atoms with Gasteiger partial charge in [0.25, 0.3) is 0 Å². The predicted molar refractivity (Wildman–Crippen MR) is 70.2 cm³/mol. The van der Waals surface area contributed by atoms with Crippen LogP contribution in [0.3, 0.4) is 0 Å². The second kappa shape index (κ2) is 6.96. The molecule has 0 aliphatic heterocycles. The third kappa shape index (κ3) is 4.97. The Kier molecular flexibility index (Phi) is 5.57. The first-order valence-corrected chi connectivity index (χ1v) is 6.20. The van der Waals surface area contributed by atoms with E-state index in [0.29, 0.717) is 12.6 Å². The van der Waals surface area contributed by atoms with E-state index in [4.69, 9.17) is 5.11 Å². The van der Waals surface area contributed by atoms with Crippen LogP contribution in [0.5, 0.6) is 0 Å². The monoisotopic (exact) mass is 304 g/mol. The summed E-state index contributed by atoms with van der Waals surface area (Å²) in [5, 5.41) is 14.0. The molecule has 0 aliphatic carbocycles. The molecule has 116 valence electrons. The highest BCUT2D eigenvalue weighted by atomic mass is 19.4. The zero-order chi connectivity index (χ0) is 16.0. The second-order valence-electron chi connectivity index (χ2n) is 4.27. The first-order valence-electron chi connectivity index (χ1n) is 6.20. The SMILES string of the molecule is CCCNC(=O)CNc1ccc(C(F)(F)F)cc1C(=O)O. The fourth-order valence-electron chi connectivity index (χ4n) is 1.55. The average molecular weight is 304 g/mol. The molecule has 0 saturated heterocycles. The molecule has 8 heteroatoms. The second-order valence-corrected chi connectivity index (χ2v) is 4.27. The molecule has 0 fully saturated rings. The van der Waals surface area contributed by atoms with Crippen LogP contribution in [0.15, 0.2) is 18.2 Å². The van der Waals surface area contributed by atoms with Gasteiger partial charge in [-0.25, -0.2) is 4.79 Å². The van der Waals surface area contributed by atoms with Crippen molar-refractivity contribution in [3.05, 3.63) is 29.3 Å². The molecule has 1 aromatic carbocycles. The highest BCUT2D eigenvalue weighted by Crippen LogP contribution is 2.31. The summed E-state index contributed by atoms with van der Waals surface area (Å²) in [6, 6.07) is 2.30. The summed E-state index contributed by atoms with van der Waals surface area (Å²) >= 11 is 0. The predicted octanol–water partition coefficient (Wildman–Crippen LogP) is 2.34. The molecule has 0 unspecified atom stereocenters. The highest BCUT2D eigenvalue weighted by Gasteiger charge is 2.31. The van der Waals surface area contributed by atoms with Gasteiger partial charge in [-0.15, -0.1) is 0 Å². The van der Waals surface area contributed by atoms with Crippen molar-refractivity contribution in [2.45, 2.75) is 19.5 Å². The first-order chi connectivity index (χ1) is 9.75.